The maximum absolute atomic E-state index is 13.6. The molecule has 2 aromatic rings. The molecule has 0 atom stereocenters. The van der Waals surface area contributed by atoms with Gasteiger partial charge < -0.3 is 4.90 Å². The van der Waals surface area contributed by atoms with Crippen LogP contribution in [-0.4, -0.2) is 17.0 Å². The van der Waals surface area contributed by atoms with Crippen LogP contribution in [0.2, 0.25) is 5.28 Å². The van der Waals surface area contributed by atoms with Gasteiger partial charge in [-0.15, -0.1) is 0 Å². The fraction of sp³-hybridized carbons (Fsp3) is 0.0909. The monoisotopic (exact) mass is 315 g/mol. The highest BCUT2D eigenvalue weighted by Gasteiger charge is 2.13. The van der Waals surface area contributed by atoms with Gasteiger partial charge in [0.05, 0.1) is 10.2 Å². The van der Waals surface area contributed by atoms with Crippen LogP contribution < -0.4 is 4.90 Å². The Bertz CT molecular complexity index is 550. The minimum atomic E-state index is -0.323. The van der Waals surface area contributed by atoms with E-state index < -0.39 is 0 Å². The summed E-state index contributed by atoms with van der Waals surface area (Å²) >= 11 is 9.03. The molecule has 1 aromatic heterocycles. The normalized spacial score (nSPS) is 10.4. The van der Waals surface area contributed by atoms with Gasteiger partial charge >= 0.3 is 0 Å². The van der Waals surface area contributed by atoms with Gasteiger partial charge in [0.2, 0.25) is 5.28 Å². The lowest BCUT2D eigenvalue weighted by Gasteiger charge is -2.19. The van der Waals surface area contributed by atoms with Gasteiger partial charge in [0, 0.05) is 13.2 Å². The first-order valence-electron chi connectivity index (χ1n) is 4.76. The lowest BCUT2D eigenvalue weighted by Crippen LogP contribution is -2.13. The van der Waals surface area contributed by atoms with E-state index in [0.717, 1.165) is 0 Å². The fourth-order valence-electron chi connectivity index (χ4n) is 1.41. The Balaban J connectivity index is 2.47. The number of nitrogens with zero attached hydrogens (tertiary/aromatic N) is 3. The Morgan fingerprint density at radius 2 is 2.06 bits per heavy atom. The van der Waals surface area contributed by atoms with E-state index in [1.807, 2.05) is 0 Å². The molecule has 0 radical (unpaired) electrons. The molecule has 88 valence electrons. The first kappa shape index (κ1) is 12.3. The third-order valence-corrected chi connectivity index (χ3v) is 2.97. The first-order valence-corrected chi connectivity index (χ1v) is 5.93. The first-order chi connectivity index (χ1) is 8.09. The molecule has 0 aliphatic rings. The second-order valence-electron chi connectivity index (χ2n) is 3.32. The van der Waals surface area contributed by atoms with E-state index in [1.54, 1.807) is 30.1 Å². The molecule has 0 fully saturated rings. The Kier molecular flexibility index (Phi) is 3.59. The maximum Gasteiger partial charge on any atom is 0.224 e. The maximum atomic E-state index is 13.6. The summed E-state index contributed by atoms with van der Waals surface area (Å²) in [6, 6.07) is 6.45. The molecule has 3 nitrogen and oxygen atoms in total. The third kappa shape index (κ3) is 2.56. The van der Waals surface area contributed by atoms with Crippen molar-refractivity contribution in [3.05, 3.63) is 46.0 Å². The van der Waals surface area contributed by atoms with Crippen LogP contribution in [-0.2, 0) is 0 Å². The number of para-hydroxylation sites is 1. The Labute approximate surface area is 111 Å². The van der Waals surface area contributed by atoms with Gasteiger partial charge in [-0.3, -0.25) is 0 Å². The highest BCUT2D eigenvalue weighted by molar-refractivity contribution is 9.10. The van der Waals surface area contributed by atoms with E-state index in [4.69, 9.17) is 11.6 Å². The minimum Gasteiger partial charge on any atom is -0.326 e. The molecule has 0 unspecified atom stereocenters. The smallest absolute Gasteiger partial charge is 0.224 e. The lowest BCUT2D eigenvalue weighted by molar-refractivity contribution is 0.627. The Morgan fingerprint density at radius 3 is 2.76 bits per heavy atom. The van der Waals surface area contributed by atoms with Crippen molar-refractivity contribution >= 4 is 39.0 Å². The molecule has 0 amide bonds. The lowest BCUT2D eigenvalue weighted by atomic mass is 10.3. The Hall–Kier alpha value is -1.20. The quantitative estimate of drug-likeness (QED) is 0.789. The average Bonchev–Trinajstić information content (AvgIpc) is 2.32. The number of benzene rings is 1. The summed E-state index contributed by atoms with van der Waals surface area (Å²) in [7, 11) is 1.71. The van der Waals surface area contributed by atoms with Crippen LogP contribution in [0.5, 0.6) is 0 Å². The standard InChI is InChI=1S/C11H8BrClFN3/c1-17(9-5-3-2-4-8(9)14)10-7(12)6-15-11(13)16-10/h2-6H,1H3. The largest absolute Gasteiger partial charge is 0.326 e. The molecular formula is C11H8BrClFN3. The van der Waals surface area contributed by atoms with Gasteiger partial charge in [-0.25, -0.2) is 9.37 Å². The topological polar surface area (TPSA) is 29.0 Å². The van der Waals surface area contributed by atoms with Crippen LogP contribution >= 0.6 is 27.5 Å². The number of rotatable bonds is 2. The van der Waals surface area contributed by atoms with Crippen LogP contribution in [0, 0.1) is 5.82 Å². The number of halogens is 3. The van der Waals surface area contributed by atoms with E-state index in [2.05, 4.69) is 25.9 Å². The summed E-state index contributed by atoms with van der Waals surface area (Å²) in [6.07, 6.45) is 1.53. The summed E-state index contributed by atoms with van der Waals surface area (Å²) in [5.74, 6) is 0.187. The molecule has 0 N–H and O–H groups in total. The van der Waals surface area contributed by atoms with Gasteiger partial charge in [-0.1, -0.05) is 12.1 Å². The second-order valence-corrected chi connectivity index (χ2v) is 4.51. The van der Waals surface area contributed by atoms with Gasteiger partial charge in [-0.05, 0) is 39.7 Å². The molecule has 1 heterocycles. The molecule has 0 spiro atoms. The molecule has 6 heteroatoms. The van der Waals surface area contributed by atoms with Crippen molar-refractivity contribution in [1.82, 2.24) is 9.97 Å². The van der Waals surface area contributed by atoms with Crippen molar-refractivity contribution < 1.29 is 4.39 Å². The van der Waals surface area contributed by atoms with Crippen molar-refractivity contribution in [2.24, 2.45) is 0 Å². The van der Waals surface area contributed by atoms with Crippen molar-refractivity contribution in [3.63, 3.8) is 0 Å². The summed E-state index contributed by atoms with van der Waals surface area (Å²) in [5.41, 5.74) is 0.419. The summed E-state index contributed by atoms with van der Waals surface area (Å²) in [5, 5.41) is 0.117. The molecule has 0 aliphatic carbocycles. The molecule has 0 saturated heterocycles. The van der Waals surface area contributed by atoms with Crippen LogP contribution in [0.15, 0.2) is 34.9 Å². The van der Waals surface area contributed by atoms with Crippen LogP contribution in [0.1, 0.15) is 0 Å². The predicted molar refractivity (Wildman–Crippen MR) is 69.2 cm³/mol. The van der Waals surface area contributed by atoms with Gasteiger partial charge in [0.1, 0.15) is 5.82 Å². The summed E-state index contributed by atoms with van der Waals surface area (Å²) in [6.45, 7) is 0. The average molecular weight is 317 g/mol. The van der Waals surface area contributed by atoms with Crippen LogP contribution in [0.25, 0.3) is 0 Å². The van der Waals surface area contributed by atoms with E-state index >= 15 is 0 Å². The molecule has 1 aromatic carbocycles. The predicted octanol–water partition coefficient (Wildman–Crippen LogP) is 3.80. The van der Waals surface area contributed by atoms with E-state index in [-0.39, 0.29) is 11.1 Å². The number of hydrogen-bond donors (Lipinski definition) is 0. The fourth-order valence-corrected chi connectivity index (χ4v) is 2.00. The molecule has 0 bridgehead atoms. The minimum absolute atomic E-state index is 0.117. The zero-order valence-electron chi connectivity index (χ0n) is 8.86. The summed E-state index contributed by atoms with van der Waals surface area (Å²) in [4.78, 5) is 9.49. The van der Waals surface area contributed by atoms with Crippen molar-refractivity contribution in [1.29, 1.82) is 0 Å². The van der Waals surface area contributed by atoms with Crippen LogP contribution in [0.3, 0.4) is 0 Å². The van der Waals surface area contributed by atoms with Gasteiger partial charge in [0.15, 0.2) is 5.82 Å². The number of aromatic nitrogens is 2. The molecule has 0 saturated carbocycles. The highest BCUT2D eigenvalue weighted by Crippen LogP contribution is 2.30. The van der Waals surface area contributed by atoms with Gasteiger partial charge in [0.25, 0.3) is 0 Å². The van der Waals surface area contributed by atoms with Crippen LogP contribution in [0.4, 0.5) is 15.9 Å². The number of hydrogen-bond acceptors (Lipinski definition) is 3. The molecule has 2 rings (SSSR count). The molecule has 17 heavy (non-hydrogen) atoms. The Morgan fingerprint density at radius 1 is 1.35 bits per heavy atom. The third-order valence-electron chi connectivity index (χ3n) is 2.23. The summed E-state index contributed by atoms with van der Waals surface area (Å²) < 4.78 is 14.3. The highest BCUT2D eigenvalue weighted by atomic mass is 79.9. The van der Waals surface area contributed by atoms with Crippen molar-refractivity contribution in [2.75, 3.05) is 11.9 Å². The van der Waals surface area contributed by atoms with E-state index in [1.165, 1.54) is 12.3 Å². The van der Waals surface area contributed by atoms with E-state index in [0.29, 0.717) is 16.0 Å². The number of anilines is 2. The molecule has 0 aliphatic heterocycles. The SMILES string of the molecule is CN(c1ccccc1F)c1nc(Cl)ncc1Br. The van der Waals surface area contributed by atoms with Crippen molar-refractivity contribution in [2.45, 2.75) is 0 Å². The van der Waals surface area contributed by atoms with Gasteiger partial charge in [-0.2, -0.15) is 4.98 Å². The zero-order chi connectivity index (χ0) is 12.4. The second kappa shape index (κ2) is 4.98. The molecular weight excluding hydrogens is 308 g/mol. The zero-order valence-corrected chi connectivity index (χ0v) is 11.2. The van der Waals surface area contributed by atoms with Crippen molar-refractivity contribution in [3.8, 4) is 0 Å². The van der Waals surface area contributed by atoms with E-state index in [9.17, 15) is 4.39 Å².